The molecule has 2 N–H and O–H groups in total. The lowest BCUT2D eigenvalue weighted by Gasteiger charge is -2.20. The molecule has 2 heterocycles. The van der Waals surface area contributed by atoms with Gasteiger partial charge in [-0.05, 0) is 38.5 Å². The molecule has 5 heteroatoms. The van der Waals surface area contributed by atoms with Crippen LogP contribution in [0.25, 0.3) is 0 Å². The number of hydrogen-bond acceptors (Lipinski definition) is 3. The van der Waals surface area contributed by atoms with Crippen LogP contribution in [0.3, 0.4) is 0 Å². The summed E-state index contributed by atoms with van der Waals surface area (Å²) in [4.78, 5) is 23.0. The minimum Gasteiger partial charge on any atom is -0.481 e. The normalized spacial score (nSPS) is 42.1. The van der Waals surface area contributed by atoms with Gasteiger partial charge in [-0.25, -0.2) is 0 Å². The van der Waals surface area contributed by atoms with Crippen LogP contribution in [-0.2, 0) is 14.3 Å². The van der Waals surface area contributed by atoms with E-state index < -0.39 is 5.97 Å². The summed E-state index contributed by atoms with van der Waals surface area (Å²) in [6.45, 7) is 0. The Hall–Kier alpha value is -1.10. The van der Waals surface area contributed by atoms with Crippen molar-refractivity contribution in [1.82, 2.24) is 5.32 Å². The van der Waals surface area contributed by atoms with Gasteiger partial charge >= 0.3 is 5.97 Å². The molecule has 3 aliphatic rings. The molecule has 0 aromatic heterocycles. The van der Waals surface area contributed by atoms with E-state index in [1.54, 1.807) is 0 Å². The molecular formula is C13H19NO4. The van der Waals surface area contributed by atoms with Crippen molar-refractivity contribution in [2.75, 3.05) is 0 Å². The van der Waals surface area contributed by atoms with Crippen LogP contribution < -0.4 is 5.32 Å². The summed E-state index contributed by atoms with van der Waals surface area (Å²) in [5.41, 5.74) is 0. The van der Waals surface area contributed by atoms with Crippen LogP contribution in [0.5, 0.6) is 0 Å². The van der Waals surface area contributed by atoms with Crippen LogP contribution >= 0.6 is 0 Å². The summed E-state index contributed by atoms with van der Waals surface area (Å²) in [5, 5.41) is 11.9. The maximum atomic E-state index is 12.1. The SMILES string of the molecule is O=C(N[C@H]1CC[C@@H](C(=O)O)C1)C1CC2CCC1O2. The second-order valence-electron chi connectivity index (χ2n) is 5.77. The van der Waals surface area contributed by atoms with E-state index in [-0.39, 0.29) is 36.0 Å². The Labute approximate surface area is 106 Å². The van der Waals surface area contributed by atoms with E-state index in [0.29, 0.717) is 12.8 Å². The van der Waals surface area contributed by atoms with Crippen molar-refractivity contribution >= 4 is 11.9 Å². The minimum atomic E-state index is -0.741. The van der Waals surface area contributed by atoms with Crippen LogP contribution in [0.4, 0.5) is 0 Å². The van der Waals surface area contributed by atoms with Gasteiger partial charge in [0.25, 0.3) is 0 Å². The lowest BCUT2D eigenvalue weighted by molar-refractivity contribution is -0.141. The van der Waals surface area contributed by atoms with Crippen molar-refractivity contribution in [1.29, 1.82) is 0 Å². The minimum absolute atomic E-state index is 0.00683. The number of carbonyl (C=O) groups is 2. The first kappa shape index (κ1) is 12.0. The average Bonchev–Trinajstić information content (AvgIpc) is 3.03. The fourth-order valence-corrected chi connectivity index (χ4v) is 3.56. The van der Waals surface area contributed by atoms with Crippen molar-refractivity contribution in [3.63, 3.8) is 0 Å². The van der Waals surface area contributed by atoms with Crippen molar-refractivity contribution < 1.29 is 19.4 Å². The Kier molecular flexibility index (Phi) is 3.01. The van der Waals surface area contributed by atoms with Crippen LogP contribution in [0, 0.1) is 11.8 Å². The molecule has 0 aromatic rings. The van der Waals surface area contributed by atoms with Crippen molar-refractivity contribution in [2.24, 2.45) is 11.8 Å². The smallest absolute Gasteiger partial charge is 0.306 e. The first-order chi connectivity index (χ1) is 8.63. The maximum absolute atomic E-state index is 12.1. The van der Waals surface area contributed by atoms with Gasteiger partial charge in [0.05, 0.1) is 24.0 Å². The highest BCUT2D eigenvalue weighted by atomic mass is 16.5. The molecule has 100 valence electrons. The molecule has 5 atom stereocenters. The molecule has 3 fully saturated rings. The third kappa shape index (κ3) is 2.11. The molecule has 0 radical (unpaired) electrons. The lowest BCUT2D eigenvalue weighted by Crippen LogP contribution is -2.41. The van der Waals surface area contributed by atoms with E-state index in [4.69, 9.17) is 9.84 Å². The molecule has 1 amide bonds. The van der Waals surface area contributed by atoms with Crippen molar-refractivity contribution in [3.8, 4) is 0 Å². The number of aliphatic carboxylic acids is 1. The number of rotatable bonds is 3. The average molecular weight is 253 g/mol. The number of carboxylic acids is 1. The highest BCUT2D eigenvalue weighted by Gasteiger charge is 2.45. The molecule has 2 bridgehead atoms. The quantitative estimate of drug-likeness (QED) is 0.784. The van der Waals surface area contributed by atoms with E-state index in [2.05, 4.69) is 5.32 Å². The highest BCUT2D eigenvalue weighted by Crippen LogP contribution is 2.39. The van der Waals surface area contributed by atoms with Crippen molar-refractivity contribution in [3.05, 3.63) is 0 Å². The summed E-state index contributed by atoms with van der Waals surface area (Å²) < 4.78 is 5.67. The summed E-state index contributed by atoms with van der Waals surface area (Å²) in [7, 11) is 0. The van der Waals surface area contributed by atoms with Gasteiger partial charge in [0.15, 0.2) is 0 Å². The fraction of sp³-hybridized carbons (Fsp3) is 0.846. The topological polar surface area (TPSA) is 75.6 Å². The molecule has 1 saturated carbocycles. The first-order valence-electron chi connectivity index (χ1n) is 6.82. The molecule has 2 saturated heterocycles. The Morgan fingerprint density at radius 1 is 1.11 bits per heavy atom. The second kappa shape index (κ2) is 4.53. The molecule has 3 rings (SSSR count). The van der Waals surface area contributed by atoms with Gasteiger partial charge < -0.3 is 15.2 Å². The summed E-state index contributed by atoms with van der Waals surface area (Å²) in [5.74, 6) is -0.965. The third-order valence-electron chi connectivity index (χ3n) is 4.57. The number of fused-ring (bicyclic) bond motifs is 2. The number of nitrogens with one attached hydrogen (secondary N) is 1. The summed E-state index contributed by atoms with van der Waals surface area (Å²) >= 11 is 0. The van der Waals surface area contributed by atoms with Gasteiger partial charge in [-0.3, -0.25) is 9.59 Å². The Bertz CT molecular complexity index is 370. The molecule has 5 nitrogen and oxygen atoms in total. The number of carboxylic acid groups (broad SMARTS) is 1. The predicted octanol–water partition coefficient (Wildman–Crippen LogP) is 0.923. The van der Waals surface area contributed by atoms with Crippen LogP contribution in [0.1, 0.15) is 38.5 Å². The van der Waals surface area contributed by atoms with Crippen LogP contribution in [-0.4, -0.2) is 35.2 Å². The second-order valence-corrected chi connectivity index (χ2v) is 5.77. The number of amides is 1. The zero-order valence-corrected chi connectivity index (χ0v) is 10.3. The molecular weight excluding hydrogens is 234 g/mol. The van der Waals surface area contributed by atoms with Gasteiger partial charge in [-0.15, -0.1) is 0 Å². The molecule has 2 aliphatic heterocycles. The summed E-state index contributed by atoms with van der Waals surface area (Å²) in [6.07, 6.45) is 5.32. The fourth-order valence-electron chi connectivity index (χ4n) is 3.56. The largest absolute Gasteiger partial charge is 0.481 e. The molecule has 1 aliphatic carbocycles. The number of ether oxygens (including phenoxy) is 1. The first-order valence-corrected chi connectivity index (χ1v) is 6.82. The Morgan fingerprint density at radius 2 is 1.94 bits per heavy atom. The van der Waals surface area contributed by atoms with E-state index >= 15 is 0 Å². The van der Waals surface area contributed by atoms with Crippen LogP contribution in [0.2, 0.25) is 0 Å². The standard InChI is InChI=1S/C13H19NO4/c15-12(10-6-9-3-4-11(10)18-9)14-8-2-1-7(5-8)13(16)17/h7-11H,1-6H2,(H,14,15)(H,16,17)/t7-,8+,9?,10?,11?/m1/s1. The number of carbonyl (C=O) groups excluding carboxylic acids is 1. The molecule has 0 spiro atoms. The maximum Gasteiger partial charge on any atom is 0.306 e. The van der Waals surface area contributed by atoms with Crippen molar-refractivity contribution in [2.45, 2.75) is 56.8 Å². The summed E-state index contributed by atoms with van der Waals surface area (Å²) in [6, 6.07) is 0.0396. The number of hydrogen-bond donors (Lipinski definition) is 2. The zero-order chi connectivity index (χ0) is 12.7. The molecule has 3 unspecified atom stereocenters. The van der Waals surface area contributed by atoms with Gasteiger partial charge in [-0.2, -0.15) is 0 Å². The van der Waals surface area contributed by atoms with Gasteiger partial charge in [-0.1, -0.05) is 0 Å². The molecule has 0 aromatic carbocycles. The van der Waals surface area contributed by atoms with E-state index in [0.717, 1.165) is 25.7 Å². The monoisotopic (exact) mass is 253 g/mol. The van der Waals surface area contributed by atoms with E-state index in [9.17, 15) is 9.59 Å². The van der Waals surface area contributed by atoms with Gasteiger partial charge in [0, 0.05) is 6.04 Å². The Balaban J connectivity index is 1.51. The van der Waals surface area contributed by atoms with Gasteiger partial charge in [0.1, 0.15) is 0 Å². The zero-order valence-electron chi connectivity index (χ0n) is 10.3. The lowest BCUT2D eigenvalue weighted by atomic mass is 9.88. The van der Waals surface area contributed by atoms with Crippen LogP contribution in [0.15, 0.2) is 0 Å². The third-order valence-corrected chi connectivity index (χ3v) is 4.57. The predicted molar refractivity (Wildman–Crippen MR) is 62.9 cm³/mol. The van der Waals surface area contributed by atoms with E-state index in [1.165, 1.54) is 0 Å². The van der Waals surface area contributed by atoms with Gasteiger partial charge in [0.2, 0.25) is 5.91 Å². The van der Waals surface area contributed by atoms with E-state index in [1.807, 2.05) is 0 Å². The molecule has 18 heavy (non-hydrogen) atoms. The highest BCUT2D eigenvalue weighted by molar-refractivity contribution is 5.80. The Morgan fingerprint density at radius 3 is 2.50 bits per heavy atom.